The summed E-state index contributed by atoms with van der Waals surface area (Å²) < 4.78 is 34.2. The van der Waals surface area contributed by atoms with Crippen molar-refractivity contribution in [2.45, 2.75) is 43.7 Å². The Kier molecular flexibility index (Phi) is 6.01. The summed E-state index contributed by atoms with van der Waals surface area (Å²) in [5, 5.41) is 6.74. The SMILES string of the molecule is O=S(=O)(c1cc(Cc2ccc3c(c2)CNC3)ccc1OCC1CCNCC1)N1CCC1. The van der Waals surface area contributed by atoms with E-state index in [1.54, 1.807) is 4.31 Å². The fourth-order valence-corrected chi connectivity index (χ4v) is 6.30. The first-order valence-corrected chi connectivity index (χ1v) is 12.8. The maximum atomic E-state index is 13.3. The van der Waals surface area contributed by atoms with Crippen molar-refractivity contribution >= 4 is 10.0 Å². The molecule has 2 saturated heterocycles. The van der Waals surface area contributed by atoms with Crippen LogP contribution in [0.5, 0.6) is 5.75 Å². The molecule has 3 aliphatic heterocycles. The molecule has 0 atom stereocenters. The third kappa shape index (κ3) is 4.51. The van der Waals surface area contributed by atoms with Crippen molar-refractivity contribution in [1.82, 2.24) is 14.9 Å². The average molecular weight is 442 g/mol. The van der Waals surface area contributed by atoms with Gasteiger partial charge in [-0.2, -0.15) is 4.31 Å². The highest BCUT2D eigenvalue weighted by Gasteiger charge is 2.32. The molecule has 0 spiro atoms. The van der Waals surface area contributed by atoms with Crippen molar-refractivity contribution in [2.24, 2.45) is 5.92 Å². The van der Waals surface area contributed by atoms with E-state index in [0.717, 1.165) is 51.0 Å². The zero-order chi connectivity index (χ0) is 21.3. The Hall–Kier alpha value is -1.93. The number of ether oxygens (including phenoxy) is 1. The summed E-state index contributed by atoms with van der Waals surface area (Å²) in [6, 6.07) is 12.3. The molecule has 166 valence electrons. The molecule has 0 aromatic heterocycles. The van der Waals surface area contributed by atoms with Crippen LogP contribution in [-0.2, 0) is 29.5 Å². The first-order valence-electron chi connectivity index (χ1n) is 11.4. The minimum Gasteiger partial charge on any atom is -0.492 e. The lowest BCUT2D eigenvalue weighted by Crippen LogP contribution is -2.42. The summed E-state index contributed by atoms with van der Waals surface area (Å²) in [6.07, 6.45) is 3.77. The monoisotopic (exact) mass is 441 g/mol. The predicted molar refractivity (Wildman–Crippen MR) is 121 cm³/mol. The zero-order valence-corrected chi connectivity index (χ0v) is 18.7. The van der Waals surface area contributed by atoms with E-state index in [2.05, 4.69) is 28.8 Å². The summed E-state index contributed by atoms with van der Waals surface area (Å²) in [5.74, 6) is 0.966. The van der Waals surface area contributed by atoms with E-state index < -0.39 is 10.0 Å². The number of piperidine rings is 1. The number of fused-ring (bicyclic) bond motifs is 1. The summed E-state index contributed by atoms with van der Waals surface area (Å²) in [7, 11) is -3.52. The van der Waals surface area contributed by atoms with Crippen molar-refractivity contribution in [1.29, 1.82) is 0 Å². The van der Waals surface area contributed by atoms with E-state index in [-0.39, 0.29) is 0 Å². The largest absolute Gasteiger partial charge is 0.492 e. The Balaban J connectivity index is 1.40. The van der Waals surface area contributed by atoms with Gasteiger partial charge in [0.05, 0.1) is 6.61 Å². The van der Waals surface area contributed by atoms with E-state index in [1.807, 2.05) is 18.2 Å². The van der Waals surface area contributed by atoms with Crippen LogP contribution in [0.2, 0.25) is 0 Å². The van der Waals surface area contributed by atoms with Crippen LogP contribution in [0, 0.1) is 5.92 Å². The molecule has 0 saturated carbocycles. The van der Waals surface area contributed by atoms with Gasteiger partial charge in [-0.15, -0.1) is 0 Å². The number of rotatable bonds is 7. The molecule has 0 bridgehead atoms. The quantitative estimate of drug-likeness (QED) is 0.691. The highest BCUT2D eigenvalue weighted by atomic mass is 32.2. The van der Waals surface area contributed by atoms with Gasteiger partial charge in [0.25, 0.3) is 0 Å². The molecule has 0 radical (unpaired) electrons. The molecule has 6 nitrogen and oxygen atoms in total. The van der Waals surface area contributed by atoms with Gasteiger partial charge >= 0.3 is 0 Å². The molecule has 2 aromatic rings. The summed E-state index contributed by atoms with van der Waals surface area (Å²) >= 11 is 0. The second-order valence-electron chi connectivity index (χ2n) is 8.93. The van der Waals surface area contributed by atoms with Crippen molar-refractivity contribution < 1.29 is 13.2 Å². The molecule has 3 heterocycles. The van der Waals surface area contributed by atoms with Crippen molar-refractivity contribution in [3.8, 4) is 5.75 Å². The van der Waals surface area contributed by atoms with Crippen LogP contribution in [0.15, 0.2) is 41.3 Å². The van der Waals surface area contributed by atoms with E-state index in [1.165, 1.54) is 16.7 Å². The lowest BCUT2D eigenvalue weighted by atomic mass is 9.99. The number of hydrogen-bond acceptors (Lipinski definition) is 5. The average Bonchev–Trinajstić information content (AvgIpc) is 3.20. The molecule has 2 N–H and O–H groups in total. The highest BCUT2D eigenvalue weighted by Crippen LogP contribution is 2.32. The van der Waals surface area contributed by atoms with Gasteiger partial charge in [-0.25, -0.2) is 8.42 Å². The Bertz CT molecular complexity index is 1040. The van der Waals surface area contributed by atoms with Gasteiger partial charge in [-0.1, -0.05) is 24.3 Å². The molecule has 3 aliphatic rings. The van der Waals surface area contributed by atoms with Crippen LogP contribution < -0.4 is 15.4 Å². The summed E-state index contributed by atoms with van der Waals surface area (Å²) in [4.78, 5) is 0.321. The minimum absolute atomic E-state index is 0.321. The molecule has 0 amide bonds. The van der Waals surface area contributed by atoms with Gasteiger partial charge in [0, 0.05) is 26.2 Å². The highest BCUT2D eigenvalue weighted by molar-refractivity contribution is 7.89. The molecule has 2 fully saturated rings. The van der Waals surface area contributed by atoms with Crippen LogP contribution >= 0.6 is 0 Å². The molecule has 7 heteroatoms. The molecule has 31 heavy (non-hydrogen) atoms. The maximum Gasteiger partial charge on any atom is 0.246 e. The van der Waals surface area contributed by atoms with Gasteiger partial charge in [0.2, 0.25) is 10.0 Å². The van der Waals surface area contributed by atoms with Crippen molar-refractivity contribution in [3.05, 3.63) is 58.7 Å². The first-order chi connectivity index (χ1) is 15.1. The van der Waals surface area contributed by atoms with Gasteiger partial charge < -0.3 is 15.4 Å². The second kappa shape index (κ2) is 8.90. The molecule has 5 rings (SSSR count). The van der Waals surface area contributed by atoms with Gasteiger partial charge in [-0.3, -0.25) is 0 Å². The first kappa shape index (κ1) is 20.9. The number of nitrogens with one attached hydrogen (secondary N) is 2. The third-order valence-corrected chi connectivity index (χ3v) is 8.60. The fraction of sp³-hybridized carbons (Fsp3) is 0.500. The Morgan fingerprint density at radius 2 is 1.68 bits per heavy atom. The predicted octanol–water partition coefficient (Wildman–Crippen LogP) is 2.65. The fourth-order valence-electron chi connectivity index (χ4n) is 4.60. The van der Waals surface area contributed by atoms with E-state index in [9.17, 15) is 8.42 Å². The van der Waals surface area contributed by atoms with Crippen LogP contribution in [-0.4, -0.2) is 45.5 Å². The number of hydrogen-bond donors (Lipinski definition) is 2. The van der Waals surface area contributed by atoms with Crippen LogP contribution in [0.25, 0.3) is 0 Å². The third-order valence-electron chi connectivity index (χ3n) is 6.68. The normalized spacial score (nSPS) is 19.7. The van der Waals surface area contributed by atoms with E-state index >= 15 is 0 Å². The van der Waals surface area contributed by atoms with Gasteiger partial charge in [0.15, 0.2) is 0 Å². The number of sulfonamides is 1. The molecular weight excluding hydrogens is 410 g/mol. The standard InChI is InChI=1S/C24H31N3O3S/c28-31(29,27-10-1-11-27)24-14-20(12-19-2-4-21-15-26-16-22(21)13-19)3-5-23(24)30-17-18-6-8-25-9-7-18/h2-5,13-14,18,25-26H,1,6-12,15-17H2. The van der Waals surface area contributed by atoms with Gasteiger partial charge in [-0.05, 0) is 79.1 Å². The molecular formula is C24H31N3O3S. The zero-order valence-electron chi connectivity index (χ0n) is 17.9. The Labute approximate surface area is 185 Å². The summed E-state index contributed by atoms with van der Waals surface area (Å²) in [5.41, 5.74) is 4.90. The number of nitrogens with zero attached hydrogens (tertiary/aromatic N) is 1. The lowest BCUT2D eigenvalue weighted by Gasteiger charge is -2.31. The Morgan fingerprint density at radius 1 is 0.935 bits per heavy atom. The minimum atomic E-state index is -3.52. The summed E-state index contributed by atoms with van der Waals surface area (Å²) in [6.45, 7) is 5.60. The number of benzene rings is 2. The van der Waals surface area contributed by atoms with Crippen LogP contribution in [0.4, 0.5) is 0 Å². The lowest BCUT2D eigenvalue weighted by molar-refractivity contribution is 0.210. The Morgan fingerprint density at radius 3 is 2.45 bits per heavy atom. The second-order valence-corrected chi connectivity index (χ2v) is 10.8. The molecule has 0 unspecified atom stereocenters. The van der Waals surface area contributed by atoms with E-state index in [0.29, 0.717) is 42.7 Å². The smallest absolute Gasteiger partial charge is 0.246 e. The van der Waals surface area contributed by atoms with Crippen molar-refractivity contribution in [3.63, 3.8) is 0 Å². The van der Waals surface area contributed by atoms with Crippen LogP contribution in [0.3, 0.4) is 0 Å². The maximum absolute atomic E-state index is 13.3. The topological polar surface area (TPSA) is 70.7 Å². The van der Waals surface area contributed by atoms with Crippen LogP contribution in [0.1, 0.15) is 41.5 Å². The molecule has 2 aromatic carbocycles. The van der Waals surface area contributed by atoms with E-state index in [4.69, 9.17) is 4.74 Å². The van der Waals surface area contributed by atoms with Crippen molar-refractivity contribution in [2.75, 3.05) is 32.8 Å². The van der Waals surface area contributed by atoms with Gasteiger partial charge in [0.1, 0.15) is 10.6 Å². The molecule has 0 aliphatic carbocycles.